The number of rotatable bonds is 11. The summed E-state index contributed by atoms with van der Waals surface area (Å²) in [5, 5.41) is 0. The average molecular weight is 259 g/mol. The van der Waals surface area contributed by atoms with Gasteiger partial charge < -0.3 is 17.2 Å². The molecule has 18 heavy (non-hydrogen) atoms. The third-order valence-electron chi connectivity index (χ3n) is 2.69. The zero-order valence-electron chi connectivity index (χ0n) is 12.1. The quantitative estimate of drug-likeness (QED) is 0.497. The van der Waals surface area contributed by atoms with Crippen LogP contribution >= 0.6 is 0 Å². The molecule has 0 rings (SSSR count). The number of carbonyl (C=O) groups is 1. The maximum Gasteiger partial charge on any atom is 0.217 e. The van der Waals surface area contributed by atoms with Gasteiger partial charge in [-0.1, -0.05) is 58.3 Å². The van der Waals surface area contributed by atoms with Crippen LogP contribution in [-0.4, -0.2) is 19.0 Å². The first-order chi connectivity index (χ1) is 8.68. The van der Waals surface area contributed by atoms with Crippen molar-refractivity contribution >= 4 is 5.91 Å². The molecule has 0 spiro atoms. The summed E-state index contributed by atoms with van der Waals surface area (Å²) in [5.74, 6) is -0.159. The Bertz CT molecular complexity index is 161. The van der Waals surface area contributed by atoms with Crippen LogP contribution < -0.4 is 17.2 Å². The van der Waals surface area contributed by atoms with E-state index in [1.807, 2.05) is 0 Å². The van der Waals surface area contributed by atoms with Gasteiger partial charge in [-0.25, -0.2) is 0 Å². The van der Waals surface area contributed by atoms with E-state index >= 15 is 0 Å². The predicted molar refractivity (Wildman–Crippen MR) is 79.1 cm³/mol. The standard InChI is InChI=1S/C12H25NO.C2H8N2/c1-2-3-4-5-6-7-8-9-10-11-12(13)14;3-1-2-4/h2-11H2,1H3,(H2,13,14);1-4H2. The van der Waals surface area contributed by atoms with Crippen LogP contribution in [0.4, 0.5) is 0 Å². The van der Waals surface area contributed by atoms with Crippen LogP contribution in [0, 0.1) is 0 Å². The van der Waals surface area contributed by atoms with Crippen molar-refractivity contribution in [2.24, 2.45) is 17.2 Å². The molecule has 0 fully saturated rings. The van der Waals surface area contributed by atoms with Gasteiger partial charge in [0.2, 0.25) is 5.91 Å². The Balaban J connectivity index is 0. The molecule has 0 bridgehead atoms. The molecular weight excluding hydrogens is 226 g/mol. The summed E-state index contributed by atoms with van der Waals surface area (Å²) >= 11 is 0. The van der Waals surface area contributed by atoms with E-state index in [1.165, 1.54) is 44.9 Å². The Kier molecular flexibility index (Phi) is 20.5. The number of unbranched alkanes of at least 4 members (excludes halogenated alkanes) is 8. The molecule has 1 amide bonds. The summed E-state index contributed by atoms with van der Waals surface area (Å²) in [6.07, 6.45) is 12.1. The number of primary amides is 1. The molecule has 0 saturated carbocycles. The van der Waals surface area contributed by atoms with E-state index in [-0.39, 0.29) is 5.91 Å². The largest absolute Gasteiger partial charge is 0.370 e. The summed E-state index contributed by atoms with van der Waals surface area (Å²) in [7, 11) is 0. The molecule has 110 valence electrons. The first kappa shape index (κ1) is 19.7. The fourth-order valence-corrected chi connectivity index (χ4v) is 1.61. The van der Waals surface area contributed by atoms with Crippen molar-refractivity contribution in [2.75, 3.05) is 13.1 Å². The highest BCUT2D eigenvalue weighted by atomic mass is 16.1. The van der Waals surface area contributed by atoms with Gasteiger partial charge >= 0.3 is 0 Å². The van der Waals surface area contributed by atoms with Gasteiger partial charge in [-0.3, -0.25) is 4.79 Å². The molecule has 4 nitrogen and oxygen atoms in total. The molecule has 4 heteroatoms. The highest BCUT2D eigenvalue weighted by molar-refractivity contribution is 5.73. The van der Waals surface area contributed by atoms with E-state index in [1.54, 1.807) is 0 Å². The first-order valence-corrected chi connectivity index (χ1v) is 7.37. The van der Waals surface area contributed by atoms with Gasteiger partial charge in [0.15, 0.2) is 0 Å². The van der Waals surface area contributed by atoms with E-state index in [0.717, 1.165) is 12.8 Å². The SMILES string of the molecule is CCCCCCCCCCCC(N)=O.NCCN. The molecule has 0 unspecified atom stereocenters. The van der Waals surface area contributed by atoms with E-state index < -0.39 is 0 Å². The Morgan fingerprint density at radius 1 is 0.778 bits per heavy atom. The number of carbonyl (C=O) groups excluding carboxylic acids is 1. The van der Waals surface area contributed by atoms with Crippen LogP contribution in [0.2, 0.25) is 0 Å². The summed E-state index contributed by atoms with van der Waals surface area (Å²) < 4.78 is 0. The normalized spacial score (nSPS) is 9.72. The van der Waals surface area contributed by atoms with E-state index in [4.69, 9.17) is 17.2 Å². The Morgan fingerprint density at radius 2 is 1.17 bits per heavy atom. The Hall–Kier alpha value is -0.610. The third-order valence-corrected chi connectivity index (χ3v) is 2.69. The first-order valence-electron chi connectivity index (χ1n) is 7.37. The molecule has 0 aliphatic heterocycles. The minimum absolute atomic E-state index is 0.159. The molecule has 0 aromatic heterocycles. The number of amides is 1. The lowest BCUT2D eigenvalue weighted by Gasteiger charge is -2.00. The van der Waals surface area contributed by atoms with E-state index in [2.05, 4.69) is 6.92 Å². The topological polar surface area (TPSA) is 95.1 Å². The highest BCUT2D eigenvalue weighted by Crippen LogP contribution is 2.10. The van der Waals surface area contributed by atoms with Crippen molar-refractivity contribution in [1.82, 2.24) is 0 Å². The van der Waals surface area contributed by atoms with Crippen molar-refractivity contribution in [3.63, 3.8) is 0 Å². The van der Waals surface area contributed by atoms with Crippen molar-refractivity contribution in [3.8, 4) is 0 Å². The second kappa shape index (κ2) is 18.7. The fourth-order valence-electron chi connectivity index (χ4n) is 1.61. The van der Waals surface area contributed by atoms with Crippen LogP contribution in [0.1, 0.15) is 71.1 Å². The average Bonchev–Trinajstić information content (AvgIpc) is 2.37. The van der Waals surface area contributed by atoms with Crippen LogP contribution in [0.5, 0.6) is 0 Å². The minimum atomic E-state index is -0.159. The molecular formula is C14H33N3O. The van der Waals surface area contributed by atoms with Gasteiger partial charge in [0.1, 0.15) is 0 Å². The van der Waals surface area contributed by atoms with Gasteiger partial charge in [0.25, 0.3) is 0 Å². The van der Waals surface area contributed by atoms with Crippen molar-refractivity contribution < 1.29 is 4.79 Å². The molecule has 0 saturated heterocycles. The van der Waals surface area contributed by atoms with Gasteiger partial charge in [-0.2, -0.15) is 0 Å². The zero-order valence-corrected chi connectivity index (χ0v) is 12.1. The third kappa shape index (κ3) is 24.6. The van der Waals surface area contributed by atoms with Gasteiger partial charge in [0.05, 0.1) is 0 Å². The number of nitrogens with two attached hydrogens (primary N) is 3. The number of hydrogen-bond acceptors (Lipinski definition) is 3. The van der Waals surface area contributed by atoms with E-state index in [0.29, 0.717) is 19.5 Å². The molecule has 0 heterocycles. The van der Waals surface area contributed by atoms with Gasteiger partial charge in [0, 0.05) is 19.5 Å². The molecule has 0 radical (unpaired) electrons. The number of hydrogen-bond donors (Lipinski definition) is 3. The molecule has 0 aliphatic carbocycles. The fraction of sp³-hybridized carbons (Fsp3) is 0.929. The molecule has 0 aliphatic rings. The minimum Gasteiger partial charge on any atom is -0.370 e. The van der Waals surface area contributed by atoms with Gasteiger partial charge in [-0.05, 0) is 6.42 Å². The maximum atomic E-state index is 10.4. The zero-order chi connectivity index (χ0) is 14.1. The molecule has 0 atom stereocenters. The van der Waals surface area contributed by atoms with Crippen LogP contribution in [0.15, 0.2) is 0 Å². The lowest BCUT2D eigenvalue weighted by Crippen LogP contribution is -2.11. The lowest BCUT2D eigenvalue weighted by atomic mass is 10.1. The van der Waals surface area contributed by atoms with Crippen molar-refractivity contribution in [1.29, 1.82) is 0 Å². The summed E-state index contributed by atoms with van der Waals surface area (Å²) in [6.45, 7) is 3.43. The highest BCUT2D eigenvalue weighted by Gasteiger charge is 1.94. The lowest BCUT2D eigenvalue weighted by molar-refractivity contribution is -0.118. The second-order valence-corrected chi connectivity index (χ2v) is 4.62. The Morgan fingerprint density at radius 3 is 1.50 bits per heavy atom. The summed E-state index contributed by atoms with van der Waals surface area (Å²) in [5.41, 5.74) is 14.9. The van der Waals surface area contributed by atoms with Gasteiger partial charge in [-0.15, -0.1) is 0 Å². The maximum absolute atomic E-state index is 10.4. The monoisotopic (exact) mass is 259 g/mol. The molecule has 0 aromatic carbocycles. The van der Waals surface area contributed by atoms with Crippen LogP contribution in [0.3, 0.4) is 0 Å². The van der Waals surface area contributed by atoms with Crippen LogP contribution in [-0.2, 0) is 4.79 Å². The van der Waals surface area contributed by atoms with Crippen molar-refractivity contribution in [2.45, 2.75) is 71.1 Å². The van der Waals surface area contributed by atoms with Crippen molar-refractivity contribution in [3.05, 3.63) is 0 Å². The van der Waals surface area contributed by atoms with E-state index in [9.17, 15) is 4.79 Å². The summed E-state index contributed by atoms with van der Waals surface area (Å²) in [4.78, 5) is 10.4. The molecule has 6 N–H and O–H groups in total. The Labute approximate surface area is 113 Å². The smallest absolute Gasteiger partial charge is 0.217 e. The summed E-state index contributed by atoms with van der Waals surface area (Å²) in [6, 6.07) is 0. The second-order valence-electron chi connectivity index (χ2n) is 4.62. The molecule has 0 aromatic rings. The predicted octanol–water partition coefficient (Wildman–Crippen LogP) is 2.30. The van der Waals surface area contributed by atoms with Crippen LogP contribution in [0.25, 0.3) is 0 Å².